The number of hydrogen-bond donors (Lipinski definition) is 0. The molecule has 1 fully saturated rings. The maximum atomic E-state index is 11.0. The Morgan fingerprint density at radius 3 is 2.82 bits per heavy atom. The average molecular weight is 156 g/mol. The van der Waals surface area contributed by atoms with E-state index in [9.17, 15) is 9.59 Å². The predicted octanol–water partition coefficient (Wildman–Crippen LogP) is 0.775. The molecule has 0 heterocycles. The molecule has 0 aromatic carbocycles. The summed E-state index contributed by atoms with van der Waals surface area (Å²) < 4.78 is 4.57. The molecule has 0 spiro atoms. The average Bonchev–Trinajstić information content (AvgIpc) is 2.50. The second-order valence-corrected chi connectivity index (χ2v) is 2.86. The van der Waals surface area contributed by atoms with Crippen molar-refractivity contribution in [1.82, 2.24) is 0 Å². The van der Waals surface area contributed by atoms with Crippen LogP contribution in [0.1, 0.15) is 19.3 Å². The summed E-state index contributed by atoms with van der Waals surface area (Å²) in [6.45, 7) is 0. The Morgan fingerprint density at radius 1 is 1.55 bits per heavy atom. The molecule has 0 saturated heterocycles. The third-order valence-electron chi connectivity index (χ3n) is 2.25. The fraction of sp³-hybridized carbons (Fsp3) is 0.750. The van der Waals surface area contributed by atoms with Crippen LogP contribution in [-0.4, -0.2) is 19.4 Å². The molecular weight excluding hydrogens is 144 g/mol. The normalized spacial score (nSPS) is 29.9. The highest BCUT2D eigenvalue weighted by molar-refractivity contribution is 5.77. The Labute approximate surface area is 65.7 Å². The van der Waals surface area contributed by atoms with Gasteiger partial charge in [0.1, 0.15) is 6.29 Å². The zero-order valence-electron chi connectivity index (χ0n) is 6.58. The second-order valence-electron chi connectivity index (χ2n) is 2.86. The predicted molar refractivity (Wildman–Crippen MR) is 38.9 cm³/mol. The molecule has 62 valence electrons. The Hall–Kier alpha value is -0.860. The molecule has 1 aliphatic rings. The summed E-state index contributed by atoms with van der Waals surface area (Å²) in [7, 11) is 1.36. The molecule has 0 aromatic rings. The number of esters is 1. The molecule has 0 radical (unpaired) electrons. The maximum Gasteiger partial charge on any atom is 0.309 e. The van der Waals surface area contributed by atoms with Gasteiger partial charge in [0.15, 0.2) is 0 Å². The smallest absolute Gasteiger partial charge is 0.309 e. The van der Waals surface area contributed by atoms with Gasteiger partial charge in [-0.1, -0.05) is 6.42 Å². The molecule has 1 aliphatic carbocycles. The van der Waals surface area contributed by atoms with Gasteiger partial charge >= 0.3 is 5.97 Å². The molecule has 3 nitrogen and oxygen atoms in total. The van der Waals surface area contributed by atoms with Crippen molar-refractivity contribution in [1.29, 1.82) is 0 Å². The monoisotopic (exact) mass is 156 g/mol. The number of carbonyl (C=O) groups is 2. The molecule has 1 rings (SSSR count). The molecule has 1 unspecified atom stereocenters. The quantitative estimate of drug-likeness (QED) is 0.438. The largest absolute Gasteiger partial charge is 0.469 e. The van der Waals surface area contributed by atoms with Crippen molar-refractivity contribution in [2.24, 2.45) is 11.8 Å². The molecule has 0 bridgehead atoms. The summed E-state index contributed by atoms with van der Waals surface area (Å²) in [5, 5.41) is 0. The summed E-state index contributed by atoms with van der Waals surface area (Å²) in [5.41, 5.74) is 0. The van der Waals surface area contributed by atoms with Gasteiger partial charge in [-0.2, -0.15) is 0 Å². The number of methoxy groups -OCH3 is 1. The molecule has 0 aromatic heterocycles. The van der Waals surface area contributed by atoms with Crippen LogP contribution in [0, 0.1) is 11.8 Å². The van der Waals surface area contributed by atoms with E-state index in [2.05, 4.69) is 4.74 Å². The van der Waals surface area contributed by atoms with Crippen molar-refractivity contribution in [3.05, 3.63) is 0 Å². The third kappa shape index (κ3) is 1.59. The highest BCUT2D eigenvalue weighted by atomic mass is 16.5. The highest BCUT2D eigenvalue weighted by Gasteiger charge is 2.33. The zero-order chi connectivity index (χ0) is 8.27. The van der Waals surface area contributed by atoms with Crippen molar-refractivity contribution in [3.63, 3.8) is 0 Å². The Kier molecular flexibility index (Phi) is 2.63. The topological polar surface area (TPSA) is 43.4 Å². The summed E-state index contributed by atoms with van der Waals surface area (Å²) in [6.07, 6.45) is 3.47. The molecule has 0 N–H and O–H groups in total. The fourth-order valence-electron chi connectivity index (χ4n) is 1.60. The van der Waals surface area contributed by atoms with E-state index in [1.807, 2.05) is 0 Å². The summed E-state index contributed by atoms with van der Waals surface area (Å²) >= 11 is 0. The lowest BCUT2D eigenvalue weighted by molar-refractivity contribution is -0.147. The number of hydrogen-bond acceptors (Lipinski definition) is 3. The minimum atomic E-state index is -0.236. The molecule has 1 saturated carbocycles. The molecule has 3 heteroatoms. The lowest BCUT2D eigenvalue weighted by Gasteiger charge is -2.10. The van der Waals surface area contributed by atoms with Crippen LogP contribution >= 0.6 is 0 Å². The molecule has 0 amide bonds. The van der Waals surface area contributed by atoms with E-state index in [0.29, 0.717) is 0 Å². The van der Waals surface area contributed by atoms with Gasteiger partial charge in [0.2, 0.25) is 0 Å². The van der Waals surface area contributed by atoms with Crippen LogP contribution in [0.15, 0.2) is 0 Å². The molecular formula is C8H12O3. The first-order valence-electron chi connectivity index (χ1n) is 3.82. The zero-order valence-corrected chi connectivity index (χ0v) is 6.58. The van der Waals surface area contributed by atoms with E-state index in [4.69, 9.17) is 0 Å². The third-order valence-corrected chi connectivity index (χ3v) is 2.25. The maximum absolute atomic E-state index is 11.0. The first-order chi connectivity index (χ1) is 5.29. The molecule has 2 atom stereocenters. The van der Waals surface area contributed by atoms with Crippen molar-refractivity contribution in [2.45, 2.75) is 19.3 Å². The number of rotatable bonds is 2. The minimum Gasteiger partial charge on any atom is -0.469 e. The van der Waals surface area contributed by atoms with E-state index >= 15 is 0 Å². The van der Waals surface area contributed by atoms with Gasteiger partial charge in [-0.15, -0.1) is 0 Å². The van der Waals surface area contributed by atoms with Crippen LogP contribution in [0.2, 0.25) is 0 Å². The summed E-state index contributed by atoms with van der Waals surface area (Å²) in [4.78, 5) is 21.4. The van der Waals surface area contributed by atoms with Gasteiger partial charge in [-0.05, 0) is 12.8 Å². The Balaban J connectivity index is 2.56. The highest BCUT2D eigenvalue weighted by Crippen LogP contribution is 2.30. The van der Waals surface area contributed by atoms with Crippen molar-refractivity contribution < 1.29 is 14.3 Å². The van der Waals surface area contributed by atoms with Gasteiger partial charge < -0.3 is 9.53 Å². The van der Waals surface area contributed by atoms with Gasteiger partial charge in [0, 0.05) is 5.92 Å². The Bertz CT molecular complexity index is 165. The molecule has 0 aliphatic heterocycles. The van der Waals surface area contributed by atoms with E-state index < -0.39 is 0 Å². The van der Waals surface area contributed by atoms with Crippen molar-refractivity contribution in [3.8, 4) is 0 Å². The fourth-order valence-corrected chi connectivity index (χ4v) is 1.60. The Morgan fingerprint density at radius 2 is 2.27 bits per heavy atom. The van der Waals surface area contributed by atoms with Crippen molar-refractivity contribution >= 4 is 12.3 Å². The lowest BCUT2D eigenvalue weighted by Crippen LogP contribution is -2.20. The van der Waals surface area contributed by atoms with Crippen LogP contribution in [-0.2, 0) is 14.3 Å². The van der Waals surface area contributed by atoms with E-state index in [-0.39, 0.29) is 17.8 Å². The molecule has 11 heavy (non-hydrogen) atoms. The van der Waals surface area contributed by atoms with Crippen LogP contribution in [0.3, 0.4) is 0 Å². The first kappa shape index (κ1) is 8.24. The van der Waals surface area contributed by atoms with Gasteiger partial charge in [0.25, 0.3) is 0 Å². The summed E-state index contributed by atoms with van der Waals surface area (Å²) in [6, 6.07) is 0. The number of aldehydes is 1. The first-order valence-corrected chi connectivity index (χ1v) is 3.82. The van der Waals surface area contributed by atoms with Gasteiger partial charge in [-0.25, -0.2) is 0 Å². The van der Waals surface area contributed by atoms with Gasteiger partial charge in [-0.3, -0.25) is 4.79 Å². The van der Waals surface area contributed by atoms with Crippen LogP contribution in [0.25, 0.3) is 0 Å². The minimum absolute atomic E-state index is 0.0950. The van der Waals surface area contributed by atoms with Crippen LogP contribution in [0.4, 0.5) is 0 Å². The van der Waals surface area contributed by atoms with E-state index in [1.54, 1.807) is 0 Å². The number of carbonyl (C=O) groups excluding carboxylic acids is 2. The van der Waals surface area contributed by atoms with Crippen molar-refractivity contribution in [2.75, 3.05) is 7.11 Å². The van der Waals surface area contributed by atoms with E-state index in [0.717, 1.165) is 25.5 Å². The second kappa shape index (κ2) is 3.51. The summed E-state index contributed by atoms with van der Waals surface area (Å²) in [5.74, 6) is -0.500. The van der Waals surface area contributed by atoms with Gasteiger partial charge in [0.05, 0.1) is 13.0 Å². The van der Waals surface area contributed by atoms with Crippen LogP contribution in [0.5, 0.6) is 0 Å². The van der Waals surface area contributed by atoms with Crippen LogP contribution < -0.4 is 0 Å². The standard InChI is InChI=1S/C8H12O3/c1-11-8(10)7-4-2-3-6(7)5-9/h5-7H,2-4H2,1H3/t6-,7?/m0/s1. The SMILES string of the molecule is COC(=O)C1CCC[C@H]1C=O. The lowest BCUT2D eigenvalue weighted by atomic mass is 9.98. The van der Waals surface area contributed by atoms with E-state index in [1.165, 1.54) is 7.11 Å². The number of ether oxygens (including phenoxy) is 1.